The van der Waals surface area contributed by atoms with Crippen molar-refractivity contribution >= 4 is 5.78 Å². The molecule has 3 N–H and O–H groups in total. The summed E-state index contributed by atoms with van der Waals surface area (Å²) in [6.07, 6.45) is -3.54. The molecular weight excluding hydrogens is 256 g/mol. The predicted molar refractivity (Wildman–Crippen MR) is 75.1 cm³/mol. The monoisotopic (exact) mass is 272 g/mol. The molecule has 0 radical (unpaired) electrons. The van der Waals surface area contributed by atoms with Gasteiger partial charge in [0.2, 0.25) is 0 Å². The van der Waals surface area contributed by atoms with Gasteiger partial charge >= 0.3 is 0 Å². The van der Waals surface area contributed by atoms with Crippen LogP contribution in [-0.4, -0.2) is 33.5 Å². The van der Waals surface area contributed by atoms with E-state index in [4.69, 9.17) is 10.2 Å². The Morgan fingerprint density at radius 2 is 1.50 bits per heavy atom. The predicted octanol–water partition coefficient (Wildman–Crippen LogP) is 1.60. The van der Waals surface area contributed by atoms with Gasteiger partial charge < -0.3 is 15.3 Å². The van der Waals surface area contributed by atoms with Crippen molar-refractivity contribution in [1.82, 2.24) is 0 Å². The van der Waals surface area contributed by atoms with E-state index in [2.05, 4.69) is 0 Å². The molecular formula is C16H16O4. The molecule has 0 aromatic heterocycles. The van der Waals surface area contributed by atoms with E-state index >= 15 is 0 Å². The van der Waals surface area contributed by atoms with Crippen LogP contribution in [0.3, 0.4) is 0 Å². The molecule has 0 aliphatic heterocycles. The molecule has 0 spiro atoms. The lowest BCUT2D eigenvalue weighted by molar-refractivity contribution is -0.0646. The molecule has 2 aromatic carbocycles. The zero-order chi connectivity index (χ0) is 14.5. The molecule has 0 aliphatic carbocycles. The number of rotatable bonds is 5. The van der Waals surface area contributed by atoms with Gasteiger partial charge in [-0.3, -0.25) is 4.79 Å². The second-order valence-corrected chi connectivity index (χ2v) is 4.51. The van der Waals surface area contributed by atoms with Crippen LogP contribution in [0.2, 0.25) is 0 Å². The summed E-state index contributed by atoms with van der Waals surface area (Å²) in [7, 11) is 0. The number of carbonyl (C=O) groups is 1. The van der Waals surface area contributed by atoms with Crippen molar-refractivity contribution in [3.63, 3.8) is 0 Å². The van der Waals surface area contributed by atoms with Gasteiger partial charge in [-0.2, -0.15) is 0 Å². The molecule has 2 aromatic rings. The van der Waals surface area contributed by atoms with Crippen molar-refractivity contribution in [3.8, 4) is 11.1 Å². The maximum absolute atomic E-state index is 12.2. The van der Waals surface area contributed by atoms with Gasteiger partial charge in [-0.05, 0) is 11.1 Å². The van der Waals surface area contributed by atoms with Crippen LogP contribution in [-0.2, 0) is 0 Å². The Kier molecular flexibility index (Phi) is 4.63. The number of aliphatic hydroxyl groups excluding tert-OH is 2. The van der Waals surface area contributed by atoms with Crippen LogP contribution in [0, 0.1) is 0 Å². The lowest BCUT2D eigenvalue weighted by Gasteiger charge is -2.14. The number of benzene rings is 2. The maximum Gasteiger partial charge on any atom is 0.192 e. The first-order chi connectivity index (χ1) is 9.59. The Bertz CT molecular complexity index is 578. The average Bonchev–Trinajstić information content (AvgIpc) is 2.46. The number of hydrogen-bond donors (Lipinski definition) is 3. The average molecular weight is 272 g/mol. The minimum Gasteiger partial charge on any atom is -0.385 e. The van der Waals surface area contributed by atoms with Gasteiger partial charge in [0.05, 0.1) is 0 Å². The molecule has 0 saturated heterocycles. The third-order valence-corrected chi connectivity index (χ3v) is 3.01. The minimum absolute atomic E-state index is 0.367. The molecule has 0 fully saturated rings. The highest BCUT2D eigenvalue weighted by molar-refractivity contribution is 6.04. The summed E-state index contributed by atoms with van der Waals surface area (Å²) in [6.45, 7) is 0. The third kappa shape index (κ3) is 3.30. The van der Waals surface area contributed by atoms with E-state index in [0.717, 1.165) is 5.56 Å². The van der Waals surface area contributed by atoms with Crippen LogP contribution in [0.5, 0.6) is 0 Å². The SMILES string of the molecule is O=C(c1ccccc1-c1ccccc1)C(O)CC(O)O. The number of hydrogen-bond acceptors (Lipinski definition) is 4. The summed E-state index contributed by atoms with van der Waals surface area (Å²) in [4.78, 5) is 12.2. The van der Waals surface area contributed by atoms with Gasteiger partial charge in [0, 0.05) is 12.0 Å². The van der Waals surface area contributed by atoms with Crippen molar-refractivity contribution < 1.29 is 20.1 Å². The first kappa shape index (κ1) is 14.4. The molecule has 0 bridgehead atoms. The molecule has 104 valence electrons. The Hall–Kier alpha value is -2.01. The van der Waals surface area contributed by atoms with Crippen molar-refractivity contribution in [2.24, 2.45) is 0 Å². The van der Waals surface area contributed by atoms with Crippen molar-refractivity contribution in [3.05, 3.63) is 60.2 Å². The van der Waals surface area contributed by atoms with Crippen molar-refractivity contribution in [2.75, 3.05) is 0 Å². The normalized spacial score (nSPS) is 12.4. The maximum atomic E-state index is 12.2. The molecule has 1 atom stereocenters. The molecule has 0 amide bonds. The van der Waals surface area contributed by atoms with Crippen LogP contribution < -0.4 is 0 Å². The topological polar surface area (TPSA) is 77.8 Å². The lowest BCUT2D eigenvalue weighted by atomic mass is 9.94. The summed E-state index contributed by atoms with van der Waals surface area (Å²) < 4.78 is 0. The molecule has 0 aliphatic rings. The summed E-state index contributed by atoms with van der Waals surface area (Å²) in [5.74, 6) is -0.516. The molecule has 4 heteroatoms. The van der Waals surface area contributed by atoms with Gasteiger partial charge in [-0.25, -0.2) is 0 Å². The Balaban J connectivity index is 2.36. The second-order valence-electron chi connectivity index (χ2n) is 4.51. The first-order valence-corrected chi connectivity index (χ1v) is 6.32. The van der Waals surface area contributed by atoms with Crippen LogP contribution in [0.1, 0.15) is 16.8 Å². The molecule has 0 heterocycles. The molecule has 2 rings (SSSR count). The van der Waals surface area contributed by atoms with Crippen LogP contribution in [0.25, 0.3) is 11.1 Å². The highest BCUT2D eigenvalue weighted by atomic mass is 16.5. The van der Waals surface area contributed by atoms with E-state index < -0.39 is 24.6 Å². The largest absolute Gasteiger partial charge is 0.385 e. The van der Waals surface area contributed by atoms with Gasteiger partial charge in [0.25, 0.3) is 0 Å². The molecule has 20 heavy (non-hydrogen) atoms. The molecule has 0 saturated carbocycles. The van der Waals surface area contributed by atoms with Gasteiger partial charge in [-0.1, -0.05) is 54.6 Å². The van der Waals surface area contributed by atoms with E-state index in [1.54, 1.807) is 18.2 Å². The standard InChI is InChI=1S/C16H16O4/c17-14(10-15(18)19)16(20)13-9-5-4-8-12(13)11-6-2-1-3-7-11/h1-9,14-15,17-19H,10H2. The smallest absolute Gasteiger partial charge is 0.192 e. The second kappa shape index (κ2) is 6.43. The fourth-order valence-corrected chi connectivity index (χ4v) is 2.05. The van der Waals surface area contributed by atoms with E-state index in [1.165, 1.54) is 0 Å². The summed E-state index contributed by atoms with van der Waals surface area (Å²) >= 11 is 0. The zero-order valence-corrected chi connectivity index (χ0v) is 10.8. The highest BCUT2D eigenvalue weighted by Gasteiger charge is 2.22. The van der Waals surface area contributed by atoms with Crippen molar-refractivity contribution in [2.45, 2.75) is 18.8 Å². The number of aliphatic hydroxyl groups is 3. The number of carbonyl (C=O) groups excluding carboxylic acids is 1. The fraction of sp³-hybridized carbons (Fsp3) is 0.188. The molecule has 1 unspecified atom stereocenters. The Morgan fingerprint density at radius 3 is 2.15 bits per heavy atom. The highest BCUT2D eigenvalue weighted by Crippen LogP contribution is 2.24. The van der Waals surface area contributed by atoms with E-state index in [-0.39, 0.29) is 0 Å². The summed E-state index contributed by atoms with van der Waals surface area (Å²) in [5, 5.41) is 27.4. The van der Waals surface area contributed by atoms with Gasteiger partial charge in [0.15, 0.2) is 12.1 Å². The van der Waals surface area contributed by atoms with E-state index in [9.17, 15) is 9.90 Å². The van der Waals surface area contributed by atoms with Gasteiger partial charge in [-0.15, -0.1) is 0 Å². The Labute approximate surface area is 116 Å². The Morgan fingerprint density at radius 1 is 0.900 bits per heavy atom. The van der Waals surface area contributed by atoms with Crippen molar-refractivity contribution in [1.29, 1.82) is 0 Å². The molecule has 4 nitrogen and oxygen atoms in total. The summed E-state index contributed by atoms with van der Waals surface area (Å²) in [6, 6.07) is 16.3. The number of Topliss-reactive ketones (excluding diaryl/α,β-unsaturated/α-hetero) is 1. The lowest BCUT2D eigenvalue weighted by Crippen LogP contribution is -2.26. The third-order valence-electron chi connectivity index (χ3n) is 3.01. The zero-order valence-electron chi connectivity index (χ0n) is 10.8. The number of ketones is 1. The van der Waals surface area contributed by atoms with E-state index in [0.29, 0.717) is 11.1 Å². The quantitative estimate of drug-likeness (QED) is 0.570. The first-order valence-electron chi connectivity index (χ1n) is 6.32. The fourth-order valence-electron chi connectivity index (χ4n) is 2.05. The van der Waals surface area contributed by atoms with Crippen LogP contribution >= 0.6 is 0 Å². The van der Waals surface area contributed by atoms with Crippen LogP contribution in [0.4, 0.5) is 0 Å². The minimum atomic E-state index is -1.71. The summed E-state index contributed by atoms with van der Waals surface area (Å²) in [5.41, 5.74) is 1.95. The van der Waals surface area contributed by atoms with Crippen LogP contribution in [0.15, 0.2) is 54.6 Å². The van der Waals surface area contributed by atoms with E-state index in [1.807, 2.05) is 36.4 Å². The van der Waals surface area contributed by atoms with Gasteiger partial charge in [0.1, 0.15) is 6.10 Å².